The number of ether oxygens (including phenoxy) is 1. The van der Waals surface area contributed by atoms with Crippen molar-refractivity contribution < 1.29 is 13.6 Å². The first-order valence-corrected chi connectivity index (χ1v) is 9.19. The van der Waals surface area contributed by atoms with Gasteiger partial charge in [0.2, 0.25) is 0 Å². The van der Waals surface area contributed by atoms with Gasteiger partial charge in [-0.05, 0) is 32.9 Å². The Labute approximate surface area is 102 Å². The van der Waals surface area contributed by atoms with Crippen molar-refractivity contribution in [2.45, 2.75) is 45.1 Å². The van der Waals surface area contributed by atoms with Crippen LogP contribution in [0.2, 0.25) is 12.6 Å². The van der Waals surface area contributed by atoms with Crippen LogP contribution in [-0.4, -0.2) is 39.3 Å². The van der Waals surface area contributed by atoms with Crippen LogP contribution in [0.3, 0.4) is 0 Å². The van der Waals surface area contributed by atoms with Gasteiger partial charge in [0, 0.05) is 5.33 Å². The van der Waals surface area contributed by atoms with Crippen molar-refractivity contribution in [2.24, 2.45) is 0 Å². The smallest absolute Gasteiger partial charge is 0.335 e. The summed E-state index contributed by atoms with van der Waals surface area (Å²) in [5.74, 6) is 0. The number of hydrogen-bond acceptors (Lipinski definition) is 3. The zero-order chi connectivity index (χ0) is 11.3. The second kappa shape index (κ2) is 6.35. The molecule has 0 bridgehead atoms. The lowest BCUT2D eigenvalue weighted by Gasteiger charge is -2.35. The molecule has 1 aliphatic rings. The van der Waals surface area contributed by atoms with Crippen molar-refractivity contribution in [3.05, 3.63) is 0 Å². The molecule has 15 heavy (non-hydrogen) atoms. The number of halogens is 1. The van der Waals surface area contributed by atoms with E-state index in [1.54, 1.807) is 0 Å². The third-order valence-electron chi connectivity index (χ3n) is 2.37. The largest absolute Gasteiger partial charge is 0.389 e. The molecule has 1 aliphatic heterocycles. The summed E-state index contributed by atoms with van der Waals surface area (Å²) in [7, 11) is -1.98. The molecular weight excluding hydrogens is 276 g/mol. The molecule has 1 heterocycles. The zero-order valence-electron chi connectivity index (χ0n) is 9.79. The molecule has 5 heteroatoms. The maximum absolute atomic E-state index is 6.02. The van der Waals surface area contributed by atoms with Gasteiger partial charge in [0.25, 0.3) is 0 Å². The van der Waals surface area contributed by atoms with E-state index >= 15 is 0 Å². The van der Waals surface area contributed by atoms with Crippen LogP contribution in [0.4, 0.5) is 0 Å². The quantitative estimate of drug-likeness (QED) is 0.592. The first kappa shape index (κ1) is 13.6. The summed E-state index contributed by atoms with van der Waals surface area (Å²) in [6.45, 7) is 7.64. The summed E-state index contributed by atoms with van der Waals surface area (Å²) in [6.07, 6.45) is 1.43. The van der Waals surface area contributed by atoms with Gasteiger partial charge in [-0.25, -0.2) is 0 Å². The zero-order valence-corrected chi connectivity index (χ0v) is 12.4. The highest BCUT2D eigenvalue weighted by Crippen LogP contribution is 2.22. The second-order valence-corrected chi connectivity index (χ2v) is 8.35. The first-order valence-electron chi connectivity index (χ1n) is 5.55. The molecule has 0 N–H and O–H groups in total. The maximum Gasteiger partial charge on any atom is 0.335 e. The molecule has 2 atom stereocenters. The lowest BCUT2D eigenvalue weighted by atomic mass is 10.4. The molecule has 0 aliphatic carbocycles. The minimum absolute atomic E-state index is 0.157. The van der Waals surface area contributed by atoms with Crippen molar-refractivity contribution in [1.29, 1.82) is 0 Å². The van der Waals surface area contributed by atoms with Crippen LogP contribution in [0, 0.1) is 0 Å². The van der Waals surface area contributed by atoms with E-state index in [9.17, 15) is 0 Å². The van der Waals surface area contributed by atoms with Crippen molar-refractivity contribution in [3.8, 4) is 0 Å². The Hall–Kier alpha value is 0.577. The Kier molecular flexibility index (Phi) is 5.77. The highest BCUT2D eigenvalue weighted by Gasteiger charge is 2.36. The highest BCUT2D eigenvalue weighted by molar-refractivity contribution is 9.09. The Morgan fingerprint density at radius 2 is 1.73 bits per heavy atom. The molecule has 0 saturated carbocycles. The molecule has 1 fully saturated rings. The molecule has 0 aromatic heterocycles. The van der Waals surface area contributed by atoms with E-state index in [4.69, 9.17) is 13.6 Å². The second-order valence-electron chi connectivity index (χ2n) is 4.32. The summed E-state index contributed by atoms with van der Waals surface area (Å²) in [4.78, 5) is 0. The van der Waals surface area contributed by atoms with Gasteiger partial charge in [-0.2, -0.15) is 0 Å². The van der Waals surface area contributed by atoms with Gasteiger partial charge >= 0.3 is 8.56 Å². The van der Waals surface area contributed by atoms with Gasteiger partial charge in [-0.15, -0.1) is 0 Å². The Morgan fingerprint density at radius 3 is 2.20 bits per heavy atom. The third kappa shape index (κ3) is 4.95. The van der Waals surface area contributed by atoms with Crippen LogP contribution >= 0.6 is 15.9 Å². The average molecular weight is 297 g/mol. The SMILES string of the molecule is CC1COCC(C)O[Si](C)(CCCBr)O1. The van der Waals surface area contributed by atoms with E-state index in [1.165, 1.54) is 0 Å². The molecular formula is C10H21BrO3Si. The van der Waals surface area contributed by atoms with Gasteiger partial charge in [0.05, 0.1) is 25.4 Å². The van der Waals surface area contributed by atoms with Gasteiger partial charge < -0.3 is 13.6 Å². The third-order valence-corrected chi connectivity index (χ3v) is 6.00. The molecule has 0 amide bonds. The van der Waals surface area contributed by atoms with Crippen molar-refractivity contribution in [1.82, 2.24) is 0 Å². The van der Waals surface area contributed by atoms with Crippen LogP contribution in [0.25, 0.3) is 0 Å². The van der Waals surface area contributed by atoms with E-state index in [2.05, 4.69) is 36.3 Å². The first-order chi connectivity index (χ1) is 7.06. The predicted molar refractivity (Wildman–Crippen MR) is 66.7 cm³/mol. The van der Waals surface area contributed by atoms with Crippen LogP contribution in [-0.2, 0) is 13.6 Å². The van der Waals surface area contributed by atoms with Gasteiger partial charge in [0.15, 0.2) is 0 Å². The molecule has 0 aromatic rings. The summed E-state index contributed by atoms with van der Waals surface area (Å²) in [5, 5.41) is 1.02. The Bertz CT molecular complexity index is 180. The van der Waals surface area contributed by atoms with Crippen LogP contribution < -0.4 is 0 Å². The van der Waals surface area contributed by atoms with Gasteiger partial charge in [0.1, 0.15) is 0 Å². The standard InChI is InChI=1S/C10H21BrO3Si/c1-9-7-12-8-10(2)14-15(3,13-9)6-4-5-11/h9-10H,4-8H2,1-3H3. The fraction of sp³-hybridized carbons (Fsp3) is 1.00. The minimum atomic E-state index is -1.98. The number of hydrogen-bond donors (Lipinski definition) is 0. The van der Waals surface area contributed by atoms with Crippen LogP contribution in [0.1, 0.15) is 20.3 Å². The van der Waals surface area contributed by atoms with E-state index < -0.39 is 8.56 Å². The number of rotatable bonds is 3. The lowest BCUT2D eigenvalue weighted by Crippen LogP contribution is -2.47. The monoisotopic (exact) mass is 296 g/mol. The van der Waals surface area contributed by atoms with Gasteiger partial charge in [-0.3, -0.25) is 0 Å². The topological polar surface area (TPSA) is 27.7 Å². The normalized spacial score (nSPS) is 38.4. The average Bonchev–Trinajstić information content (AvgIpc) is 2.12. The lowest BCUT2D eigenvalue weighted by molar-refractivity contribution is -0.0369. The maximum atomic E-state index is 6.02. The van der Waals surface area contributed by atoms with Crippen LogP contribution in [0.15, 0.2) is 0 Å². The van der Waals surface area contributed by atoms with E-state index in [0.717, 1.165) is 17.8 Å². The molecule has 0 radical (unpaired) electrons. The molecule has 0 spiro atoms. The summed E-state index contributed by atoms with van der Waals surface area (Å²) < 4.78 is 17.5. The van der Waals surface area contributed by atoms with Crippen molar-refractivity contribution in [2.75, 3.05) is 18.5 Å². The van der Waals surface area contributed by atoms with E-state index in [-0.39, 0.29) is 12.2 Å². The summed E-state index contributed by atoms with van der Waals surface area (Å²) in [6, 6.07) is 1.05. The van der Waals surface area contributed by atoms with E-state index in [0.29, 0.717) is 13.2 Å². The van der Waals surface area contributed by atoms with E-state index in [1.807, 2.05) is 0 Å². The molecule has 90 valence electrons. The molecule has 0 aromatic carbocycles. The van der Waals surface area contributed by atoms with Crippen molar-refractivity contribution in [3.63, 3.8) is 0 Å². The minimum Gasteiger partial charge on any atom is -0.389 e. The fourth-order valence-electron chi connectivity index (χ4n) is 1.85. The number of alkyl halides is 1. The van der Waals surface area contributed by atoms with Gasteiger partial charge in [-0.1, -0.05) is 15.9 Å². The van der Waals surface area contributed by atoms with Crippen LogP contribution in [0.5, 0.6) is 0 Å². The Balaban J connectivity index is 2.55. The molecule has 1 rings (SSSR count). The fourth-order valence-corrected chi connectivity index (χ4v) is 5.60. The van der Waals surface area contributed by atoms with Crippen molar-refractivity contribution >= 4 is 24.5 Å². The molecule has 1 saturated heterocycles. The summed E-state index contributed by atoms with van der Waals surface area (Å²) in [5.41, 5.74) is 0. The highest BCUT2D eigenvalue weighted by atomic mass is 79.9. The molecule has 3 nitrogen and oxygen atoms in total. The summed E-state index contributed by atoms with van der Waals surface area (Å²) >= 11 is 3.45. The Morgan fingerprint density at radius 1 is 1.20 bits per heavy atom. The molecule has 2 unspecified atom stereocenters. The predicted octanol–water partition coefficient (Wildman–Crippen LogP) is 2.68.